The van der Waals surface area contributed by atoms with E-state index in [1.165, 1.54) is 38.5 Å². The Balaban J connectivity index is 2.24. The van der Waals surface area contributed by atoms with Crippen molar-refractivity contribution in [2.45, 2.75) is 44.6 Å². The van der Waals surface area contributed by atoms with Crippen molar-refractivity contribution in [2.75, 3.05) is 6.54 Å². The Bertz CT molecular complexity index is 139. The molecule has 2 nitrogen and oxygen atoms in total. The molecule has 1 fully saturated rings. The summed E-state index contributed by atoms with van der Waals surface area (Å²) in [5.41, 5.74) is 5.42. The van der Waals surface area contributed by atoms with Crippen LogP contribution in [0.15, 0.2) is 0 Å². The lowest BCUT2D eigenvalue weighted by atomic mass is 10.1. The highest BCUT2D eigenvalue weighted by Crippen LogP contribution is 2.16. The van der Waals surface area contributed by atoms with Crippen LogP contribution in [0.1, 0.15) is 38.5 Å². The minimum absolute atomic E-state index is 0.492. The third kappa shape index (κ3) is 3.50. The molecule has 0 bridgehead atoms. The van der Waals surface area contributed by atoms with Crippen LogP contribution in [0.25, 0.3) is 0 Å². The van der Waals surface area contributed by atoms with E-state index < -0.39 is 0 Å². The number of rotatable bonds is 2. The number of nitrogens with one attached hydrogen (secondary N) is 1. The van der Waals surface area contributed by atoms with Gasteiger partial charge in [0.05, 0.1) is 4.99 Å². The van der Waals surface area contributed by atoms with Crippen molar-refractivity contribution in [2.24, 2.45) is 5.73 Å². The molecule has 1 aliphatic rings. The average Bonchev–Trinajstić information content (AvgIpc) is 2.33. The second-order valence-corrected chi connectivity index (χ2v) is 3.95. The predicted octanol–water partition coefficient (Wildman–Crippen LogP) is 1.58. The van der Waals surface area contributed by atoms with Crippen LogP contribution in [-0.2, 0) is 0 Å². The molecule has 0 radical (unpaired) electrons. The van der Waals surface area contributed by atoms with Crippen LogP contribution in [0, 0.1) is 0 Å². The summed E-state index contributed by atoms with van der Waals surface area (Å²) in [4.78, 5) is 0.821. The first-order valence-electron chi connectivity index (χ1n) is 4.82. The fraction of sp³-hybridized carbons (Fsp3) is 0.889. The van der Waals surface area contributed by atoms with E-state index in [4.69, 9.17) is 18.0 Å². The zero-order valence-corrected chi connectivity index (χ0v) is 8.33. The Morgan fingerprint density at radius 3 is 2.33 bits per heavy atom. The predicted molar refractivity (Wildman–Crippen MR) is 56.3 cm³/mol. The Labute approximate surface area is 79.9 Å². The molecule has 0 aromatic heterocycles. The fourth-order valence-corrected chi connectivity index (χ4v) is 1.88. The molecule has 1 aliphatic carbocycles. The first-order valence-corrected chi connectivity index (χ1v) is 5.23. The summed E-state index contributed by atoms with van der Waals surface area (Å²) in [6.45, 7) is 0.492. The molecule has 12 heavy (non-hydrogen) atoms. The highest BCUT2D eigenvalue weighted by Gasteiger charge is 2.11. The summed E-state index contributed by atoms with van der Waals surface area (Å²) < 4.78 is 0. The van der Waals surface area contributed by atoms with E-state index in [0.29, 0.717) is 12.6 Å². The molecular formula is C9H18N2S. The SMILES string of the molecule is NCC(=S)NC1CCCCCC1. The van der Waals surface area contributed by atoms with Crippen molar-refractivity contribution in [3.05, 3.63) is 0 Å². The second kappa shape index (κ2) is 5.49. The van der Waals surface area contributed by atoms with Gasteiger partial charge in [-0.2, -0.15) is 0 Å². The number of thiocarbonyl (C=S) groups is 1. The molecule has 1 saturated carbocycles. The van der Waals surface area contributed by atoms with Crippen LogP contribution >= 0.6 is 12.2 Å². The topological polar surface area (TPSA) is 38.0 Å². The summed E-state index contributed by atoms with van der Waals surface area (Å²) in [6.07, 6.45) is 7.97. The fourth-order valence-electron chi connectivity index (χ4n) is 1.71. The van der Waals surface area contributed by atoms with Crippen molar-refractivity contribution in [1.29, 1.82) is 0 Å². The van der Waals surface area contributed by atoms with Gasteiger partial charge in [0, 0.05) is 12.6 Å². The lowest BCUT2D eigenvalue weighted by molar-refractivity contribution is 0.534. The molecule has 0 amide bonds. The maximum Gasteiger partial charge on any atom is 0.0893 e. The molecule has 70 valence electrons. The van der Waals surface area contributed by atoms with Gasteiger partial charge in [0.1, 0.15) is 0 Å². The van der Waals surface area contributed by atoms with Gasteiger partial charge in [-0.05, 0) is 12.8 Å². The van der Waals surface area contributed by atoms with Gasteiger partial charge in [-0.25, -0.2) is 0 Å². The van der Waals surface area contributed by atoms with Crippen LogP contribution in [0.5, 0.6) is 0 Å². The zero-order chi connectivity index (χ0) is 8.81. The summed E-state index contributed by atoms with van der Waals surface area (Å²) in [5, 5.41) is 3.31. The molecule has 0 spiro atoms. The lowest BCUT2D eigenvalue weighted by Gasteiger charge is -2.16. The Morgan fingerprint density at radius 1 is 1.25 bits per heavy atom. The van der Waals surface area contributed by atoms with Gasteiger partial charge in [-0.3, -0.25) is 0 Å². The summed E-state index contributed by atoms with van der Waals surface area (Å²) in [5.74, 6) is 0. The first-order chi connectivity index (χ1) is 5.83. The molecule has 0 unspecified atom stereocenters. The van der Waals surface area contributed by atoms with Crippen LogP contribution in [0.4, 0.5) is 0 Å². The quantitative estimate of drug-likeness (QED) is 0.508. The van der Waals surface area contributed by atoms with Gasteiger partial charge in [0.15, 0.2) is 0 Å². The van der Waals surface area contributed by atoms with Crippen LogP contribution < -0.4 is 11.1 Å². The van der Waals surface area contributed by atoms with Gasteiger partial charge >= 0.3 is 0 Å². The second-order valence-electron chi connectivity index (χ2n) is 3.46. The van der Waals surface area contributed by atoms with Crippen LogP contribution in [0.3, 0.4) is 0 Å². The Hall–Kier alpha value is -0.150. The Morgan fingerprint density at radius 2 is 1.83 bits per heavy atom. The first kappa shape index (κ1) is 9.93. The van der Waals surface area contributed by atoms with Crippen molar-refractivity contribution in [3.63, 3.8) is 0 Å². The van der Waals surface area contributed by atoms with Gasteiger partial charge in [-0.1, -0.05) is 37.9 Å². The highest BCUT2D eigenvalue weighted by atomic mass is 32.1. The molecule has 0 atom stereocenters. The minimum Gasteiger partial charge on any atom is -0.376 e. The minimum atomic E-state index is 0.492. The van der Waals surface area contributed by atoms with Crippen LogP contribution in [-0.4, -0.2) is 17.6 Å². The van der Waals surface area contributed by atoms with Gasteiger partial charge in [-0.15, -0.1) is 0 Å². The molecular weight excluding hydrogens is 168 g/mol. The maximum atomic E-state index is 5.42. The number of hydrogen-bond donors (Lipinski definition) is 2. The van der Waals surface area contributed by atoms with E-state index >= 15 is 0 Å². The largest absolute Gasteiger partial charge is 0.376 e. The molecule has 0 heterocycles. The number of nitrogens with two attached hydrogens (primary N) is 1. The van der Waals surface area contributed by atoms with E-state index in [1.807, 2.05) is 0 Å². The molecule has 0 saturated heterocycles. The Kier molecular flexibility index (Phi) is 4.54. The zero-order valence-electron chi connectivity index (χ0n) is 7.51. The summed E-state index contributed by atoms with van der Waals surface area (Å²) in [7, 11) is 0. The van der Waals surface area contributed by atoms with E-state index in [0.717, 1.165) is 4.99 Å². The molecule has 0 aromatic carbocycles. The third-order valence-electron chi connectivity index (χ3n) is 2.41. The maximum absolute atomic E-state index is 5.42. The van der Waals surface area contributed by atoms with Gasteiger partial charge in [0.25, 0.3) is 0 Å². The third-order valence-corrected chi connectivity index (χ3v) is 2.69. The van der Waals surface area contributed by atoms with E-state index in [-0.39, 0.29) is 0 Å². The van der Waals surface area contributed by atoms with Crippen molar-refractivity contribution in [1.82, 2.24) is 5.32 Å². The standard InChI is InChI=1S/C9H18N2S/c10-7-9(12)11-8-5-3-1-2-4-6-8/h8H,1-7,10H2,(H,11,12). The highest BCUT2D eigenvalue weighted by molar-refractivity contribution is 7.80. The summed E-state index contributed by atoms with van der Waals surface area (Å²) in [6, 6.07) is 0.601. The molecule has 3 N–H and O–H groups in total. The van der Waals surface area contributed by atoms with E-state index in [1.54, 1.807) is 0 Å². The van der Waals surface area contributed by atoms with Gasteiger partial charge < -0.3 is 11.1 Å². The molecule has 0 aliphatic heterocycles. The van der Waals surface area contributed by atoms with Crippen molar-refractivity contribution < 1.29 is 0 Å². The van der Waals surface area contributed by atoms with E-state index in [2.05, 4.69) is 5.32 Å². The van der Waals surface area contributed by atoms with Gasteiger partial charge in [0.2, 0.25) is 0 Å². The van der Waals surface area contributed by atoms with Crippen molar-refractivity contribution >= 4 is 17.2 Å². The number of hydrogen-bond acceptors (Lipinski definition) is 2. The molecule has 1 rings (SSSR count). The normalized spacial score (nSPS) is 20.1. The van der Waals surface area contributed by atoms with E-state index in [9.17, 15) is 0 Å². The lowest BCUT2D eigenvalue weighted by Crippen LogP contribution is -2.37. The molecule has 0 aromatic rings. The average molecular weight is 186 g/mol. The molecule has 3 heteroatoms. The van der Waals surface area contributed by atoms with Crippen LogP contribution in [0.2, 0.25) is 0 Å². The monoisotopic (exact) mass is 186 g/mol. The smallest absolute Gasteiger partial charge is 0.0893 e. The van der Waals surface area contributed by atoms with Crippen molar-refractivity contribution in [3.8, 4) is 0 Å². The summed E-state index contributed by atoms with van der Waals surface area (Å²) >= 11 is 5.04.